The fourth-order valence-electron chi connectivity index (χ4n) is 2.04. The van der Waals surface area contributed by atoms with E-state index in [1.54, 1.807) is 0 Å². The highest BCUT2D eigenvalue weighted by Crippen LogP contribution is 2.36. The molecule has 0 saturated heterocycles. The van der Waals surface area contributed by atoms with Gasteiger partial charge in [-0.1, -0.05) is 0 Å². The third-order valence-electron chi connectivity index (χ3n) is 3.27. The molecule has 0 spiro atoms. The van der Waals surface area contributed by atoms with E-state index in [9.17, 15) is 13.6 Å². The zero-order valence-electron chi connectivity index (χ0n) is 10.4. The van der Waals surface area contributed by atoms with Gasteiger partial charge in [-0.25, -0.2) is 8.78 Å². The molecule has 1 fully saturated rings. The largest absolute Gasteiger partial charge is 0.351 e. The molecule has 0 radical (unpaired) electrons. The zero-order valence-corrected chi connectivity index (χ0v) is 11.1. The topological polar surface area (TPSA) is 29.1 Å². The van der Waals surface area contributed by atoms with Crippen molar-refractivity contribution in [3.8, 4) is 0 Å². The van der Waals surface area contributed by atoms with Crippen LogP contribution in [-0.2, 0) is 4.79 Å². The number of hydrogen-bond acceptors (Lipinski definition) is 1. The van der Waals surface area contributed by atoms with Crippen molar-refractivity contribution >= 4 is 17.5 Å². The summed E-state index contributed by atoms with van der Waals surface area (Å²) in [6.07, 6.45) is 0.858. The molecule has 5 heteroatoms. The molecule has 0 bridgehead atoms. The van der Waals surface area contributed by atoms with Crippen LogP contribution >= 0.6 is 11.6 Å². The van der Waals surface area contributed by atoms with Crippen LogP contribution in [0.3, 0.4) is 0 Å². The Bertz CT molecular complexity index is 272. The summed E-state index contributed by atoms with van der Waals surface area (Å²) in [5.41, 5.74) is -0.362. The molecule has 0 aromatic carbocycles. The number of alkyl halides is 3. The van der Waals surface area contributed by atoms with Crippen LogP contribution in [0.25, 0.3) is 0 Å². The van der Waals surface area contributed by atoms with Crippen LogP contribution in [0.4, 0.5) is 8.78 Å². The van der Waals surface area contributed by atoms with Gasteiger partial charge in [0, 0.05) is 30.2 Å². The molecule has 0 aliphatic heterocycles. The lowest BCUT2D eigenvalue weighted by Gasteiger charge is -2.31. The van der Waals surface area contributed by atoms with E-state index < -0.39 is 5.92 Å². The third-order valence-corrected chi connectivity index (χ3v) is 3.46. The number of amides is 1. The van der Waals surface area contributed by atoms with Gasteiger partial charge in [-0.05, 0) is 33.1 Å². The van der Waals surface area contributed by atoms with Crippen molar-refractivity contribution in [3.63, 3.8) is 0 Å². The smallest absolute Gasteiger partial charge is 0.248 e. The molecule has 1 N–H and O–H groups in total. The number of carbonyl (C=O) groups is 1. The van der Waals surface area contributed by atoms with Crippen LogP contribution in [0.15, 0.2) is 0 Å². The van der Waals surface area contributed by atoms with Gasteiger partial charge in [0.15, 0.2) is 0 Å². The van der Waals surface area contributed by atoms with Gasteiger partial charge >= 0.3 is 0 Å². The molecule has 0 aromatic heterocycles. The number of rotatable bonds is 4. The van der Waals surface area contributed by atoms with E-state index >= 15 is 0 Å². The van der Waals surface area contributed by atoms with Crippen LogP contribution in [-0.4, -0.2) is 23.2 Å². The maximum absolute atomic E-state index is 13.0. The molecule has 0 heterocycles. The Morgan fingerprint density at radius 2 is 1.94 bits per heavy atom. The quantitative estimate of drug-likeness (QED) is 0.778. The maximum atomic E-state index is 13.0. The highest BCUT2D eigenvalue weighted by atomic mass is 35.5. The molecule has 1 saturated carbocycles. The average Bonchev–Trinajstić information content (AvgIpc) is 2.16. The zero-order chi connectivity index (χ0) is 13.1. The van der Waals surface area contributed by atoms with Crippen LogP contribution < -0.4 is 5.32 Å². The van der Waals surface area contributed by atoms with Crippen molar-refractivity contribution in [3.05, 3.63) is 0 Å². The van der Waals surface area contributed by atoms with Gasteiger partial charge in [0.1, 0.15) is 0 Å². The number of halogens is 3. The first-order valence-electron chi connectivity index (χ1n) is 6.02. The summed E-state index contributed by atoms with van der Waals surface area (Å²) in [6, 6.07) is 0. The van der Waals surface area contributed by atoms with Crippen molar-refractivity contribution in [2.45, 2.75) is 57.4 Å². The predicted octanol–water partition coefficient (Wildman–Crippen LogP) is 3.34. The molecular weight excluding hydrogens is 248 g/mol. The lowest BCUT2D eigenvalue weighted by Crippen LogP contribution is -2.47. The maximum Gasteiger partial charge on any atom is 0.248 e. The van der Waals surface area contributed by atoms with Gasteiger partial charge in [-0.2, -0.15) is 0 Å². The van der Waals surface area contributed by atoms with Crippen molar-refractivity contribution in [2.24, 2.45) is 5.92 Å². The normalized spacial score (nSPS) is 21.2. The summed E-state index contributed by atoms with van der Waals surface area (Å²) in [5.74, 6) is -2.50. The lowest BCUT2D eigenvalue weighted by atomic mass is 9.85. The van der Waals surface area contributed by atoms with Crippen LogP contribution in [0.1, 0.15) is 46.0 Å². The Morgan fingerprint density at radius 3 is 2.41 bits per heavy atom. The molecule has 1 rings (SSSR count). The number of nitrogens with one attached hydrogen (secondary N) is 1. The molecule has 17 heavy (non-hydrogen) atoms. The highest BCUT2D eigenvalue weighted by molar-refractivity contribution is 6.17. The minimum Gasteiger partial charge on any atom is -0.351 e. The molecule has 2 nitrogen and oxygen atoms in total. The second-order valence-corrected chi connectivity index (χ2v) is 5.82. The summed E-state index contributed by atoms with van der Waals surface area (Å²) in [4.78, 5) is 11.9. The van der Waals surface area contributed by atoms with E-state index in [1.807, 2.05) is 13.8 Å². The second kappa shape index (κ2) is 5.51. The van der Waals surface area contributed by atoms with Crippen LogP contribution in [0.2, 0.25) is 0 Å². The standard InChI is InChI=1S/C12H20ClF2NO/c1-11(2,7-8-13)16-10(17)9-3-5-12(14,15)6-4-9/h9H,3-8H2,1-2H3,(H,16,17). The molecule has 1 amide bonds. The lowest BCUT2D eigenvalue weighted by molar-refractivity contribution is -0.130. The van der Waals surface area contributed by atoms with E-state index in [-0.39, 0.29) is 43.0 Å². The molecule has 0 atom stereocenters. The van der Waals surface area contributed by atoms with Gasteiger partial charge in [-0.3, -0.25) is 4.79 Å². The number of carbonyl (C=O) groups excluding carboxylic acids is 1. The molecule has 1 aliphatic carbocycles. The first-order valence-corrected chi connectivity index (χ1v) is 6.55. The Hall–Kier alpha value is -0.380. The van der Waals surface area contributed by atoms with E-state index in [4.69, 9.17) is 11.6 Å². The Labute approximate surface area is 106 Å². The first kappa shape index (κ1) is 14.7. The van der Waals surface area contributed by atoms with Crippen molar-refractivity contribution in [2.75, 3.05) is 5.88 Å². The molecule has 0 unspecified atom stereocenters. The van der Waals surface area contributed by atoms with Crippen LogP contribution in [0.5, 0.6) is 0 Å². The molecular formula is C12H20ClF2NO. The Morgan fingerprint density at radius 1 is 1.41 bits per heavy atom. The predicted molar refractivity (Wildman–Crippen MR) is 64.5 cm³/mol. The van der Waals surface area contributed by atoms with Gasteiger partial charge < -0.3 is 5.32 Å². The second-order valence-electron chi connectivity index (χ2n) is 5.44. The minimum absolute atomic E-state index is 0.115. The number of hydrogen-bond donors (Lipinski definition) is 1. The summed E-state index contributed by atoms with van der Waals surface area (Å²) in [7, 11) is 0. The van der Waals surface area contributed by atoms with E-state index in [0.717, 1.165) is 0 Å². The van der Waals surface area contributed by atoms with E-state index in [0.29, 0.717) is 12.3 Å². The molecule has 1 aliphatic rings. The van der Waals surface area contributed by atoms with Gasteiger partial charge in [0.05, 0.1) is 0 Å². The minimum atomic E-state index is -2.58. The summed E-state index contributed by atoms with van der Waals surface area (Å²) < 4.78 is 25.9. The Kier molecular flexibility index (Phi) is 4.76. The summed E-state index contributed by atoms with van der Waals surface area (Å²) in [6.45, 7) is 3.79. The van der Waals surface area contributed by atoms with Crippen LogP contribution in [0, 0.1) is 5.92 Å². The summed E-state index contributed by atoms with van der Waals surface area (Å²) >= 11 is 5.64. The molecule has 100 valence electrons. The fraction of sp³-hybridized carbons (Fsp3) is 0.917. The monoisotopic (exact) mass is 267 g/mol. The molecule has 0 aromatic rings. The SMILES string of the molecule is CC(C)(CCCl)NC(=O)C1CCC(F)(F)CC1. The Balaban J connectivity index is 2.44. The van der Waals surface area contributed by atoms with Gasteiger partial charge in [0.2, 0.25) is 11.8 Å². The average molecular weight is 268 g/mol. The first-order chi connectivity index (χ1) is 7.76. The van der Waals surface area contributed by atoms with Gasteiger partial charge in [0.25, 0.3) is 0 Å². The third kappa shape index (κ3) is 4.78. The fourth-order valence-corrected chi connectivity index (χ4v) is 2.51. The highest BCUT2D eigenvalue weighted by Gasteiger charge is 2.38. The van der Waals surface area contributed by atoms with Crippen molar-refractivity contribution < 1.29 is 13.6 Å². The van der Waals surface area contributed by atoms with E-state index in [1.165, 1.54) is 0 Å². The van der Waals surface area contributed by atoms with Crippen molar-refractivity contribution in [1.82, 2.24) is 5.32 Å². The van der Waals surface area contributed by atoms with Gasteiger partial charge in [-0.15, -0.1) is 11.6 Å². The van der Waals surface area contributed by atoms with Crippen molar-refractivity contribution in [1.29, 1.82) is 0 Å². The summed E-state index contributed by atoms with van der Waals surface area (Å²) in [5, 5.41) is 2.89. The van der Waals surface area contributed by atoms with E-state index in [2.05, 4.69) is 5.32 Å².